The summed E-state index contributed by atoms with van der Waals surface area (Å²) in [5.74, 6) is 3.81. The fraction of sp³-hybridized carbons (Fsp3) is 0.929. The van der Waals surface area contributed by atoms with E-state index in [1.165, 1.54) is 18.6 Å². The van der Waals surface area contributed by atoms with Crippen molar-refractivity contribution in [3.8, 4) is 0 Å². The lowest BCUT2D eigenvalue weighted by molar-refractivity contribution is 0.443. The number of thioether (sulfide) groups is 2. The summed E-state index contributed by atoms with van der Waals surface area (Å²) in [4.78, 5) is 4.19. The van der Waals surface area contributed by atoms with Gasteiger partial charge in [0.25, 0.3) is 0 Å². The van der Waals surface area contributed by atoms with Crippen LogP contribution in [0.2, 0.25) is 0 Å². The predicted octanol–water partition coefficient (Wildman–Crippen LogP) is 0.816. The van der Waals surface area contributed by atoms with Crippen LogP contribution in [0.15, 0.2) is 4.99 Å². The highest BCUT2D eigenvalue weighted by Gasteiger charge is 2.29. The van der Waals surface area contributed by atoms with E-state index in [2.05, 4.69) is 22.5 Å². The molecule has 134 valence electrons. The standard InChI is InChI=1S/C14H28N4O2S3/c1-14(4-3-8-22-14)12-17-13(15-2)16-5-11-23(19,20)18-6-9-21-10-7-18/h3-12H2,1-2H3,(H2,15,16,17). The van der Waals surface area contributed by atoms with Crippen LogP contribution in [-0.2, 0) is 10.0 Å². The average molecular weight is 381 g/mol. The van der Waals surface area contributed by atoms with Gasteiger partial charge in [0.05, 0.1) is 5.75 Å². The van der Waals surface area contributed by atoms with E-state index >= 15 is 0 Å². The van der Waals surface area contributed by atoms with Crippen molar-refractivity contribution < 1.29 is 8.42 Å². The van der Waals surface area contributed by atoms with Crippen molar-refractivity contribution in [2.45, 2.75) is 24.5 Å². The summed E-state index contributed by atoms with van der Waals surface area (Å²) in [6.45, 7) is 4.78. The molecule has 2 aliphatic rings. The van der Waals surface area contributed by atoms with Crippen molar-refractivity contribution >= 4 is 39.5 Å². The van der Waals surface area contributed by atoms with Gasteiger partial charge < -0.3 is 10.6 Å². The third-order valence-electron chi connectivity index (χ3n) is 4.17. The van der Waals surface area contributed by atoms with Gasteiger partial charge in [-0.25, -0.2) is 12.7 Å². The van der Waals surface area contributed by atoms with Crippen LogP contribution in [0.3, 0.4) is 0 Å². The van der Waals surface area contributed by atoms with Gasteiger partial charge in [-0.05, 0) is 25.5 Å². The van der Waals surface area contributed by atoms with Gasteiger partial charge in [0.2, 0.25) is 10.0 Å². The van der Waals surface area contributed by atoms with E-state index in [0.29, 0.717) is 25.6 Å². The Morgan fingerprint density at radius 3 is 2.61 bits per heavy atom. The maximum Gasteiger partial charge on any atom is 0.215 e. The van der Waals surface area contributed by atoms with Crippen LogP contribution < -0.4 is 10.6 Å². The molecule has 6 nitrogen and oxygen atoms in total. The van der Waals surface area contributed by atoms with Crippen molar-refractivity contribution in [1.29, 1.82) is 0 Å². The quantitative estimate of drug-likeness (QED) is 0.525. The molecule has 9 heteroatoms. The molecule has 0 saturated carbocycles. The SMILES string of the molecule is CN=C(NCCS(=O)(=O)N1CCSCC1)NCC1(C)CCCS1. The molecule has 2 N–H and O–H groups in total. The molecule has 0 amide bonds. The smallest absolute Gasteiger partial charge is 0.215 e. The molecular formula is C14H28N4O2S3. The molecule has 0 bridgehead atoms. The zero-order chi connectivity index (χ0) is 16.8. The molecule has 2 heterocycles. The summed E-state index contributed by atoms with van der Waals surface area (Å²) in [6, 6.07) is 0. The van der Waals surface area contributed by atoms with E-state index in [4.69, 9.17) is 0 Å². The molecule has 2 saturated heterocycles. The number of guanidine groups is 1. The number of nitrogens with zero attached hydrogens (tertiary/aromatic N) is 2. The predicted molar refractivity (Wildman–Crippen MR) is 102 cm³/mol. The summed E-state index contributed by atoms with van der Waals surface area (Å²) in [7, 11) is -1.44. The van der Waals surface area contributed by atoms with E-state index in [1.54, 1.807) is 11.4 Å². The highest BCUT2D eigenvalue weighted by Crippen LogP contribution is 2.36. The Bertz CT molecular complexity index is 498. The largest absolute Gasteiger partial charge is 0.355 e. The van der Waals surface area contributed by atoms with Crippen LogP contribution in [0.4, 0.5) is 0 Å². The van der Waals surface area contributed by atoms with Crippen LogP contribution >= 0.6 is 23.5 Å². The maximum atomic E-state index is 12.3. The number of hydrogen-bond donors (Lipinski definition) is 2. The Labute approximate surface area is 148 Å². The molecule has 0 radical (unpaired) electrons. The van der Waals surface area contributed by atoms with Gasteiger partial charge in [0.15, 0.2) is 5.96 Å². The van der Waals surface area contributed by atoms with Gasteiger partial charge in [-0.2, -0.15) is 23.5 Å². The van der Waals surface area contributed by atoms with Gasteiger partial charge >= 0.3 is 0 Å². The summed E-state index contributed by atoms with van der Waals surface area (Å²) in [6.07, 6.45) is 2.48. The minimum absolute atomic E-state index is 0.115. The molecule has 1 unspecified atom stereocenters. The van der Waals surface area contributed by atoms with Gasteiger partial charge in [-0.3, -0.25) is 4.99 Å². The molecule has 0 aliphatic carbocycles. The molecule has 0 aromatic rings. The van der Waals surface area contributed by atoms with Crippen molar-refractivity contribution in [3.05, 3.63) is 0 Å². The third kappa shape index (κ3) is 6.03. The summed E-state index contributed by atoms with van der Waals surface area (Å²) in [5, 5.41) is 6.45. The zero-order valence-electron chi connectivity index (χ0n) is 14.0. The molecule has 0 aromatic heterocycles. The molecule has 0 spiro atoms. The van der Waals surface area contributed by atoms with Crippen molar-refractivity contribution in [2.24, 2.45) is 4.99 Å². The van der Waals surface area contributed by atoms with Crippen LogP contribution in [0.25, 0.3) is 0 Å². The summed E-state index contributed by atoms with van der Waals surface area (Å²) in [5.41, 5.74) is 0. The van der Waals surface area contributed by atoms with Gasteiger partial charge in [-0.1, -0.05) is 0 Å². The second-order valence-electron chi connectivity index (χ2n) is 6.08. The lowest BCUT2D eigenvalue weighted by atomic mass is 10.1. The van der Waals surface area contributed by atoms with Crippen LogP contribution in [-0.4, -0.2) is 79.7 Å². The first-order valence-electron chi connectivity index (χ1n) is 8.09. The Morgan fingerprint density at radius 1 is 1.26 bits per heavy atom. The molecule has 1 atom stereocenters. The Kier molecular flexibility index (Phi) is 7.37. The Balaban J connectivity index is 1.72. The minimum Gasteiger partial charge on any atom is -0.355 e. The second kappa shape index (κ2) is 8.82. The molecule has 2 aliphatic heterocycles. The van der Waals surface area contributed by atoms with Crippen molar-refractivity contribution in [3.63, 3.8) is 0 Å². The third-order valence-corrected chi connectivity index (χ3v) is 8.52. The molecule has 2 rings (SSSR count). The first kappa shape index (κ1) is 19.2. The van der Waals surface area contributed by atoms with Crippen LogP contribution in [0.1, 0.15) is 19.8 Å². The maximum absolute atomic E-state index is 12.3. The summed E-state index contributed by atoms with van der Waals surface area (Å²) >= 11 is 3.81. The number of sulfonamides is 1. The first-order chi connectivity index (χ1) is 11.0. The van der Waals surface area contributed by atoms with E-state index in [1.807, 2.05) is 23.5 Å². The van der Waals surface area contributed by atoms with E-state index in [0.717, 1.165) is 18.1 Å². The van der Waals surface area contributed by atoms with E-state index in [-0.39, 0.29) is 10.5 Å². The number of rotatable bonds is 6. The van der Waals surface area contributed by atoms with Gasteiger partial charge in [0.1, 0.15) is 0 Å². The molecule has 2 fully saturated rings. The number of nitrogens with one attached hydrogen (secondary N) is 2. The fourth-order valence-electron chi connectivity index (χ4n) is 2.72. The second-order valence-corrected chi connectivity index (χ2v) is 11.1. The van der Waals surface area contributed by atoms with Gasteiger partial charge in [-0.15, -0.1) is 0 Å². The highest BCUT2D eigenvalue weighted by molar-refractivity contribution is 8.00. The number of hydrogen-bond acceptors (Lipinski definition) is 5. The first-order valence-corrected chi connectivity index (χ1v) is 11.8. The average Bonchev–Trinajstić information content (AvgIpc) is 2.98. The molecular weight excluding hydrogens is 352 g/mol. The lowest BCUT2D eigenvalue weighted by Crippen LogP contribution is -2.46. The fourth-order valence-corrected chi connectivity index (χ4v) is 6.46. The van der Waals surface area contributed by atoms with Crippen molar-refractivity contribution in [1.82, 2.24) is 14.9 Å². The van der Waals surface area contributed by atoms with Crippen LogP contribution in [0.5, 0.6) is 0 Å². The summed E-state index contributed by atoms with van der Waals surface area (Å²) < 4.78 is 26.4. The van der Waals surface area contributed by atoms with Crippen molar-refractivity contribution in [2.75, 3.05) is 56.2 Å². The lowest BCUT2D eigenvalue weighted by Gasteiger charge is -2.26. The Hall–Kier alpha value is -0.120. The molecule has 0 aromatic carbocycles. The monoisotopic (exact) mass is 380 g/mol. The van der Waals surface area contributed by atoms with E-state index in [9.17, 15) is 8.42 Å². The number of aliphatic imine (C=N–C) groups is 1. The van der Waals surface area contributed by atoms with E-state index < -0.39 is 10.0 Å². The zero-order valence-corrected chi connectivity index (χ0v) is 16.5. The van der Waals surface area contributed by atoms with Crippen LogP contribution in [0, 0.1) is 0 Å². The highest BCUT2D eigenvalue weighted by atomic mass is 32.2. The minimum atomic E-state index is -3.16. The van der Waals surface area contributed by atoms with Gasteiger partial charge in [0, 0.05) is 49.5 Å². The topological polar surface area (TPSA) is 73.8 Å². The Morgan fingerprint density at radius 2 is 2.00 bits per heavy atom. The normalized spacial score (nSPS) is 27.1. The molecule has 23 heavy (non-hydrogen) atoms.